The number of carbonyl (C=O) groups excluding carboxylic acids is 1. The van der Waals surface area contributed by atoms with Crippen molar-refractivity contribution < 1.29 is 9.53 Å². The molecule has 0 spiro atoms. The summed E-state index contributed by atoms with van der Waals surface area (Å²) < 4.78 is 6.59. The van der Waals surface area contributed by atoms with Crippen LogP contribution in [0.5, 0.6) is 0 Å². The van der Waals surface area contributed by atoms with Gasteiger partial charge in [0.15, 0.2) is 0 Å². The standard InChI is InChI=1S/C15H15N3O4/c1-4-10-6-8-11(9-7-10)18-13(19)12(14(20)22-5-2)16-17(3)15(18)21/h4,6-9H,1,5H2,2-3H3. The molecule has 1 aromatic heterocycles. The second-order valence-corrected chi connectivity index (χ2v) is 4.41. The van der Waals surface area contributed by atoms with Crippen molar-refractivity contribution in [3.05, 3.63) is 62.9 Å². The predicted octanol–water partition coefficient (Wildman–Crippen LogP) is 0.751. The fourth-order valence-corrected chi connectivity index (χ4v) is 1.89. The molecule has 0 saturated carbocycles. The van der Waals surface area contributed by atoms with Crippen molar-refractivity contribution in [2.24, 2.45) is 7.05 Å². The molecule has 22 heavy (non-hydrogen) atoms. The van der Waals surface area contributed by atoms with Gasteiger partial charge in [0.05, 0.1) is 12.3 Å². The van der Waals surface area contributed by atoms with Gasteiger partial charge in [0.25, 0.3) is 5.56 Å². The third-order valence-corrected chi connectivity index (χ3v) is 2.98. The van der Waals surface area contributed by atoms with E-state index in [9.17, 15) is 14.4 Å². The van der Waals surface area contributed by atoms with Crippen LogP contribution in [0.4, 0.5) is 0 Å². The van der Waals surface area contributed by atoms with Crippen LogP contribution < -0.4 is 11.2 Å². The molecular formula is C15H15N3O4. The molecular weight excluding hydrogens is 286 g/mol. The van der Waals surface area contributed by atoms with Gasteiger partial charge in [-0.3, -0.25) is 4.79 Å². The van der Waals surface area contributed by atoms with Gasteiger partial charge < -0.3 is 4.74 Å². The monoisotopic (exact) mass is 301 g/mol. The highest BCUT2D eigenvalue weighted by Crippen LogP contribution is 2.07. The Bertz CT molecular complexity index is 831. The first kappa shape index (κ1) is 15.4. The van der Waals surface area contributed by atoms with Gasteiger partial charge >= 0.3 is 11.7 Å². The minimum atomic E-state index is -0.862. The van der Waals surface area contributed by atoms with Crippen LogP contribution in [0.1, 0.15) is 23.0 Å². The second kappa shape index (κ2) is 6.21. The molecule has 0 aliphatic rings. The molecule has 0 amide bonds. The number of ether oxygens (including phenoxy) is 1. The molecule has 7 heteroatoms. The molecule has 1 aromatic carbocycles. The van der Waals surface area contributed by atoms with E-state index in [4.69, 9.17) is 4.74 Å². The quantitative estimate of drug-likeness (QED) is 0.778. The van der Waals surface area contributed by atoms with Gasteiger partial charge in [-0.05, 0) is 24.6 Å². The molecule has 0 bridgehead atoms. The summed E-state index contributed by atoms with van der Waals surface area (Å²) in [5.41, 5.74) is -0.716. The lowest BCUT2D eigenvalue weighted by molar-refractivity contribution is 0.0513. The Kier molecular flexibility index (Phi) is 4.36. The number of esters is 1. The van der Waals surface area contributed by atoms with Gasteiger partial charge in [0, 0.05) is 7.05 Å². The number of benzene rings is 1. The zero-order chi connectivity index (χ0) is 16.3. The van der Waals surface area contributed by atoms with E-state index in [-0.39, 0.29) is 6.61 Å². The third-order valence-electron chi connectivity index (χ3n) is 2.98. The van der Waals surface area contributed by atoms with E-state index in [0.717, 1.165) is 14.8 Å². The van der Waals surface area contributed by atoms with E-state index in [1.807, 2.05) is 0 Å². The average molecular weight is 301 g/mol. The maximum absolute atomic E-state index is 12.4. The molecule has 0 fully saturated rings. The Hall–Kier alpha value is -2.96. The van der Waals surface area contributed by atoms with Crippen molar-refractivity contribution in [1.29, 1.82) is 0 Å². The minimum Gasteiger partial charge on any atom is -0.461 e. The fourth-order valence-electron chi connectivity index (χ4n) is 1.89. The Morgan fingerprint density at radius 3 is 2.50 bits per heavy atom. The van der Waals surface area contributed by atoms with Crippen molar-refractivity contribution in [1.82, 2.24) is 14.3 Å². The summed E-state index contributed by atoms with van der Waals surface area (Å²) in [6, 6.07) is 6.60. The van der Waals surface area contributed by atoms with Gasteiger partial charge in [-0.1, -0.05) is 24.8 Å². The Balaban J connectivity index is 2.69. The van der Waals surface area contributed by atoms with Crippen LogP contribution in [0.3, 0.4) is 0 Å². The van der Waals surface area contributed by atoms with Crippen molar-refractivity contribution in [2.45, 2.75) is 6.92 Å². The van der Waals surface area contributed by atoms with Crippen molar-refractivity contribution in [3.8, 4) is 5.69 Å². The van der Waals surface area contributed by atoms with Crippen LogP contribution in [0.15, 0.2) is 40.4 Å². The molecule has 2 aromatic rings. The highest BCUT2D eigenvalue weighted by Gasteiger charge is 2.20. The van der Waals surface area contributed by atoms with Crippen LogP contribution in [-0.2, 0) is 11.8 Å². The lowest BCUT2D eigenvalue weighted by atomic mass is 10.2. The summed E-state index contributed by atoms with van der Waals surface area (Å²) in [6.07, 6.45) is 1.64. The molecule has 0 aliphatic heterocycles. The molecule has 0 unspecified atom stereocenters. The number of hydrogen-bond donors (Lipinski definition) is 0. The smallest absolute Gasteiger partial charge is 0.364 e. The normalized spacial score (nSPS) is 10.3. The first-order chi connectivity index (χ1) is 10.5. The zero-order valence-electron chi connectivity index (χ0n) is 12.3. The number of rotatable bonds is 4. The number of nitrogens with zero attached hydrogens (tertiary/aromatic N) is 3. The third kappa shape index (κ3) is 2.73. The van der Waals surface area contributed by atoms with Crippen LogP contribution in [0.25, 0.3) is 11.8 Å². The van der Waals surface area contributed by atoms with Crippen LogP contribution in [-0.4, -0.2) is 26.9 Å². The van der Waals surface area contributed by atoms with Crippen LogP contribution in [0, 0.1) is 0 Å². The predicted molar refractivity (Wildman–Crippen MR) is 81.1 cm³/mol. The largest absolute Gasteiger partial charge is 0.461 e. The molecule has 1 heterocycles. The molecule has 7 nitrogen and oxygen atoms in total. The summed E-state index contributed by atoms with van der Waals surface area (Å²) in [7, 11) is 1.36. The average Bonchev–Trinajstić information content (AvgIpc) is 2.52. The molecule has 0 N–H and O–H groups in total. The topological polar surface area (TPSA) is 83.2 Å². The first-order valence-electron chi connectivity index (χ1n) is 6.60. The highest BCUT2D eigenvalue weighted by molar-refractivity contribution is 5.86. The summed E-state index contributed by atoms with van der Waals surface area (Å²) in [6.45, 7) is 5.36. The molecule has 114 valence electrons. The minimum absolute atomic E-state index is 0.108. The summed E-state index contributed by atoms with van der Waals surface area (Å²) in [5.74, 6) is -0.862. The number of carbonyl (C=O) groups is 1. The zero-order valence-corrected chi connectivity index (χ0v) is 12.3. The molecule has 0 saturated heterocycles. The maximum atomic E-state index is 12.4. The SMILES string of the molecule is C=Cc1ccc(-n2c(=O)c(C(=O)OCC)nn(C)c2=O)cc1. The molecule has 0 radical (unpaired) electrons. The number of hydrogen-bond acceptors (Lipinski definition) is 5. The second-order valence-electron chi connectivity index (χ2n) is 4.41. The van der Waals surface area contributed by atoms with Gasteiger partial charge in [0.1, 0.15) is 0 Å². The number of aryl methyl sites for hydroxylation is 1. The van der Waals surface area contributed by atoms with Crippen molar-refractivity contribution in [2.75, 3.05) is 6.61 Å². The lowest BCUT2D eigenvalue weighted by Crippen LogP contribution is -2.43. The first-order valence-corrected chi connectivity index (χ1v) is 6.60. The molecule has 0 atom stereocenters. The van der Waals surface area contributed by atoms with Gasteiger partial charge in [0.2, 0.25) is 5.69 Å². The Morgan fingerprint density at radius 1 is 1.32 bits per heavy atom. The van der Waals surface area contributed by atoms with E-state index in [1.54, 1.807) is 37.3 Å². The van der Waals surface area contributed by atoms with E-state index in [2.05, 4.69) is 11.7 Å². The lowest BCUT2D eigenvalue weighted by Gasteiger charge is -2.09. The summed E-state index contributed by atoms with van der Waals surface area (Å²) in [4.78, 5) is 36.3. The van der Waals surface area contributed by atoms with E-state index in [0.29, 0.717) is 5.69 Å². The molecule has 0 aliphatic carbocycles. The fraction of sp³-hybridized carbons (Fsp3) is 0.200. The van der Waals surface area contributed by atoms with Crippen molar-refractivity contribution >= 4 is 12.0 Å². The summed E-state index contributed by atoms with van der Waals surface area (Å²) >= 11 is 0. The van der Waals surface area contributed by atoms with E-state index in [1.165, 1.54) is 7.05 Å². The van der Waals surface area contributed by atoms with Gasteiger partial charge in [-0.15, -0.1) is 0 Å². The van der Waals surface area contributed by atoms with E-state index < -0.39 is 22.9 Å². The van der Waals surface area contributed by atoms with Gasteiger partial charge in [-0.25, -0.2) is 18.8 Å². The van der Waals surface area contributed by atoms with Gasteiger partial charge in [-0.2, -0.15) is 5.10 Å². The van der Waals surface area contributed by atoms with Crippen molar-refractivity contribution in [3.63, 3.8) is 0 Å². The van der Waals surface area contributed by atoms with E-state index >= 15 is 0 Å². The Labute approximate surface area is 126 Å². The van der Waals surface area contributed by atoms with Crippen LogP contribution >= 0.6 is 0 Å². The summed E-state index contributed by atoms with van der Waals surface area (Å²) in [5, 5.41) is 3.69. The maximum Gasteiger partial charge on any atom is 0.364 e. The highest BCUT2D eigenvalue weighted by atomic mass is 16.5. The Morgan fingerprint density at radius 2 is 1.95 bits per heavy atom. The van der Waals surface area contributed by atoms with Crippen LogP contribution in [0.2, 0.25) is 0 Å². The number of aromatic nitrogens is 3. The molecule has 2 rings (SSSR count).